The van der Waals surface area contributed by atoms with Gasteiger partial charge in [-0.3, -0.25) is 0 Å². The molecule has 2 nitrogen and oxygen atoms in total. The molecule has 2 fully saturated rings. The Morgan fingerprint density at radius 2 is 2.08 bits per heavy atom. The molecule has 1 saturated heterocycles. The second kappa shape index (κ2) is 2.65. The molecule has 66 valence electrons. The van der Waals surface area contributed by atoms with Gasteiger partial charge in [0.2, 0.25) is 0 Å². The van der Waals surface area contributed by atoms with Gasteiger partial charge in [0, 0.05) is 4.75 Å². The van der Waals surface area contributed by atoms with Crippen molar-refractivity contribution in [1.29, 1.82) is 5.26 Å². The van der Waals surface area contributed by atoms with Crippen LogP contribution in [0.5, 0.6) is 0 Å². The molecule has 2 aliphatic rings. The first-order chi connectivity index (χ1) is 5.68. The molecule has 1 spiro atoms. The molecule has 1 heterocycles. The number of nitrogens with zero attached hydrogens (tertiary/aromatic N) is 1. The summed E-state index contributed by atoms with van der Waals surface area (Å²) in [5.74, 6) is 1.07. The van der Waals surface area contributed by atoms with Crippen molar-refractivity contribution in [2.75, 3.05) is 5.75 Å². The second-order valence-electron chi connectivity index (χ2n) is 4.08. The lowest BCUT2D eigenvalue weighted by molar-refractivity contribution is 0.277. The van der Waals surface area contributed by atoms with Gasteiger partial charge in [0.15, 0.2) is 0 Å². The Morgan fingerprint density at radius 1 is 1.33 bits per heavy atom. The number of nitrogens with two attached hydrogens (primary N) is 1. The minimum Gasteiger partial charge on any atom is -0.313 e. The molecular formula is C9H14N2S. The Balaban J connectivity index is 2.09. The van der Waals surface area contributed by atoms with Gasteiger partial charge < -0.3 is 5.73 Å². The highest BCUT2D eigenvalue weighted by Crippen LogP contribution is 2.52. The lowest BCUT2D eigenvalue weighted by atomic mass is 9.74. The summed E-state index contributed by atoms with van der Waals surface area (Å²) in [5, 5.41) is 8.92. The van der Waals surface area contributed by atoms with Crippen molar-refractivity contribution in [3.8, 4) is 6.07 Å². The van der Waals surface area contributed by atoms with Crippen molar-refractivity contribution < 1.29 is 0 Å². The maximum absolute atomic E-state index is 8.92. The summed E-state index contributed by atoms with van der Waals surface area (Å²) >= 11 is 2.04. The van der Waals surface area contributed by atoms with Crippen LogP contribution < -0.4 is 5.73 Å². The predicted molar refractivity (Wildman–Crippen MR) is 50.8 cm³/mol. The molecule has 1 unspecified atom stereocenters. The Morgan fingerprint density at radius 3 is 2.58 bits per heavy atom. The number of hydrogen-bond donors (Lipinski definition) is 1. The summed E-state index contributed by atoms with van der Waals surface area (Å²) < 4.78 is 0.405. The van der Waals surface area contributed by atoms with E-state index in [2.05, 4.69) is 6.07 Å². The van der Waals surface area contributed by atoms with Gasteiger partial charge in [0.1, 0.15) is 5.54 Å². The zero-order valence-corrected chi connectivity index (χ0v) is 7.99. The number of nitriles is 1. The van der Waals surface area contributed by atoms with Crippen LogP contribution >= 0.6 is 11.8 Å². The van der Waals surface area contributed by atoms with Crippen LogP contribution in [0.4, 0.5) is 0 Å². The molecule has 3 heteroatoms. The Kier molecular flexibility index (Phi) is 1.85. The van der Waals surface area contributed by atoms with Crippen LogP contribution in [0.3, 0.4) is 0 Å². The predicted octanol–water partition coefficient (Wildman–Crippen LogP) is 1.66. The van der Waals surface area contributed by atoms with Crippen molar-refractivity contribution in [2.24, 2.45) is 5.73 Å². The number of hydrogen-bond acceptors (Lipinski definition) is 3. The number of rotatable bonds is 0. The van der Waals surface area contributed by atoms with Crippen LogP contribution in [-0.2, 0) is 0 Å². The summed E-state index contributed by atoms with van der Waals surface area (Å²) in [6, 6.07) is 2.27. The molecule has 0 aromatic rings. The van der Waals surface area contributed by atoms with Crippen molar-refractivity contribution >= 4 is 11.8 Å². The monoisotopic (exact) mass is 182 g/mol. The molecule has 1 aliphatic heterocycles. The largest absolute Gasteiger partial charge is 0.313 e. The Labute approximate surface area is 77.5 Å². The first kappa shape index (κ1) is 8.40. The molecule has 1 atom stereocenters. The van der Waals surface area contributed by atoms with Gasteiger partial charge in [0.25, 0.3) is 0 Å². The van der Waals surface area contributed by atoms with Gasteiger partial charge in [-0.25, -0.2) is 0 Å². The van der Waals surface area contributed by atoms with E-state index in [9.17, 15) is 0 Å². The van der Waals surface area contributed by atoms with Crippen LogP contribution in [0, 0.1) is 11.3 Å². The normalized spacial score (nSPS) is 38.7. The molecule has 0 aromatic heterocycles. The zero-order chi connectivity index (χ0) is 8.66. The van der Waals surface area contributed by atoms with E-state index in [0.29, 0.717) is 4.75 Å². The fourth-order valence-corrected chi connectivity index (χ4v) is 3.99. The quantitative estimate of drug-likeness (QED) is 0.620. The van der Waals surface area contributed by atoms with Crippen molar-refractivity contribution in [2.45, 2.75) is 42.4 Å². The number of thioether (sulfide) groups is 1. The fraction of sp³-hybridized carbons (Fsp3) is 0.889. The third kappa shape index (κ3) is 1.23. The van der Waals surface area contributed by atoms with E-state index >= 15 is 0 Å². The molecule has 0 bridgehead atoms. The molecule has 2 N–H and O–H groups in total. The van der Waals surface area contributed by atoms with Crippen LogP contribution in [-0.4, -0.2) is 16.0 Å². The Bertz CT molecular complexity index is 229. The topological polar surface area (TPSA) is 49.8 Å². The Hall–Kier alpha value is -0.200. The van der Waals surface area contributed by atoms with Crippen LogP contribution in [0.15, 0.2) is 0 Å². The second-order valence-corrected chi connectivity index (χ2v) is 5.64. The third-order valence-corrected chi connectivity index (χ3v) is 4.65. The molecule has 0 amide bonds. The van der Waals surface area contributed by atoms with Gasteiger partial charge in [-0.15, -0.1) is 0 Å². The van der Waals surface area contributed by atoms with Crippen LogP contribution in [0.1, 0.15) is 32.1 Å². The van der Waals surface area contributed by atoms with Crippen molar-refractivity contribution in [1.82, 2.24) is 0 Å². The van der Waals surface area contributed by atoms with E-state index in [1.54, 1.807) is 0 Å². The van der Waals surface area contributed by atoms with Gasteiger partial charge in [0.05, 0.1) is 6.07 Å². The molecule has 12 heavy (non-hydrogen) atoms. The van der Waals surface area contributed by atoms with E-state index in [1.165, 1.54) is 19.3 Å². The molecule has 1 aliphatic carbocycles. The van der Waals surface area contributed by atoms with Gasteiger partial charge in [-0.2, -0.15) is 17.0 Å². The van der Waals surface area contributed by atoms with Gasteiger partial charge in [-0.1, -0.05) is 6.42 Å². The summed E-state index contributed by atoms with van der Waals surface area (Å²) in [7, 11) is 0. The molecule has 0 radical (unpaired) electrons. The maximum atomic E-state index is 8.92. The highest BCUT2D eigenvalue weighted by molar-refractivity contribution is 8.00. The lowest BCUT2D eigenvalue weighted by Gasteiger charge is -2.48. The van der Waals surface area contributed by atoms with E-state index in [4.69, 9.17) is 11.0 Å². The SMILES string of the molecule is N#CC1(N)CCSC2(CCC2)C1. The average molecular weight is 182 g/mol. The smallest absolute Gasteiger partial charge is 0.106 e. The van der Waals surface area contributed by atoms with Gasteiger partial charge >= 0.3 is 0 Å². The van der Waals surface area contributed by atoms with E-state index in [1.807, 2.05) is 11.8 Å². The first-order valence-corrected chi connectivity index (χ1v) is 5.51. The summed E-state index contributed by atoms with van der Waals surface area (Å²) in [4.78, 5) is 0. The average Bonchev–Trinajstić information content (AvgIpc) is 2.02. The third-order valence-electron chi connectivity index (χ3n) is 3.08. The van der Waals surface area contributed by atoms with Crippen molar-refractivity contribution in [3.63, 3.8) is 0 Å². The van der Waals surface area contributed by atoms with E-state index in [-0.39, 0.29) is 0 Å². The lowest BCUT2D eigenvalue weighted by Crippen LogP contribution is -2.52. The molecule has 2 rings (SSSR count). The highest BCUT2D eigenvalue weighted by Gasteiger charge is 2.47. The standard InChI is InChI=1S/C9H14N2S/c10-7-8(11)4-5-12-9(6-8)2-1-3-9/h1-6,11H2. The summed E-state index contributed by atoms with van der Waals surface area (Å²) in [5.41, 5.74) is 5.46. The maximum Gasteiger partial charge on any atom is 0.106 e. The van der Waals surface area contributed by atoms with Gasteiger partial charge in [-0.05, 0) is 31.4 Å². The summed E-state index contributed by atoms with van der Waals surface area (Å²) in [6.07, 6.45) is 5.67. The highest BCUT2D eigenvalue weighted by atomic mass is 32.2. The molecular weight excluding hydrogens is 168 g/mol. The van der Waals surface area contributed by atoms with Crippen LogP contribution in [0.2, 0.25) is 0 Å². The van der Waals surface area contributed by atoms with Crippen LogP contribution in [0.25, 0.3) is 0 Å². The minimum atomic E-state index is -0.508. The van der Waals surface area contributed by atoms with E-state index in [0.717, 1.165) is 18.6 Å². The molecule has 0 aromatic carbocycles. The summed E-state index contributed by atoms with van der Waals surface area (Å²) in [6.45, 7) is 0. The minimum absolute atomic E-state index is 0.405. The molecule has 1 saturated carbocycles. The van der Waals surface area contributed by atoms with Crippen molar-refractivity contribution in [3.05, 3.63) is 0 Å². The zero-order valence-electron chi connectivity index (χ0n) is 7.18. The van der Waals surface area contributed by atoms with E-state index < -0.39 is 5.54 Å². The fourth-order valence-electron chi connectivity index (χ4n) is 2.15. The first-order valence-electron chi connectivity index (χ1n) is 4.52.